The number of aromatic nitrogens is 1. The highest BCUT2D eigenvalue weighted by Gasteiger charge is 2.29. The molecule has 0 fully saturated rings. The molecule has 10 nitrogen and oxygen atoms in total. The van der Waals surface area contributed by atoms with Crippen LogP contribution in [-0.2, 0) is 30.2 Å². The van der Waals surface area contributed by atoms with Crippen LogP contribution in [0.2, 0.25) is 0 Å². The number of fused-ring (bicyclic) bond motifs is 1. The zero-order valence-electron chi connectivity index (χ0n) is 14.3. The van der Waals surface area contributed by atoms with E-state index in [9.17, 15) is 25.3 Å². The van der Waals surface area contributed by atoms with Gasteiger partial charge in [0, 0.05) is 11.1 Å². The average Bonchev–Trinajstić information content (AvgIpc) is 2.53. The van der Waals surface area contributed by atoms with Crippen molar-refractivity contribution in [1.82, 2.24) is 14.4 Å². The van der Waals surface area contributed by atoms with Crippen LogP contribution in [0.5, 0.6) is 5.75 Å². The van der Waals surface area contributed by atoms with Gasteiger partial charge in [-0.05, 0) is 39.2 Å². The van der Waals surface area contributed by atoms with Crippen LogP contribution >= 0.6 is 0 Å². The number of sulfonamides is 2. The predicted molar refractivity (Wildman–Crippen MR) is 94.4 cm³/mol. The maximum absolute atomic E-state index is 12.4. The van der Waals surface area contributed by atoms with Crippen LogP contribution in [0.25, 0.3) is 10.9 Å². The largest absolute Gasteiger partial charge is 0.379 e. The van der Waals surface area contributed by atoms with Gasteiger partial charge in [0.1, 0.15) is 10.4 Å². The molecular weight excluding hydrogens is 406 g/mol. The molecule has 0 saturated heterocycles. The van der Waals surface area contributed by atoms with Crippen LogP contribution in [0.1, 0.15) is 5.69 Å². The summed E-state index contributed by atoms with van der Waals surface area (Å²) in [6, 6.07) is 3.73. The standard InChI is InChI=1S/C13H17N3O7S3/c1-8-5-6-9-10(25(19,20)14-2)7-11(26(21,22)15-3)13(12(9)16-8)23-24(4,17)18/h5-7,14-15H,1-4H3. The molecule has 0 amide bonds. The molecule has 1 aromatic heterocycles. The van der Waals surface area contributed by atoms with Crippen LogP contribution in [0.4, 0.5) is 0 Å². The molecule has 2 rings (SSSR count). The van der Waals surface area contributed by atoms with E-state index in [2.05, 4.69) is 9.71 Å². The Kier molecular flexibility index (Phi) is 5.31. The summed E-state index contributed by atoms with van der Waals surface area (Å²) < 4.78 is 81.7. The molecule has 0 unspecified atom stereocenters. The maximum Gasteiger partial charge on any atom is 0.306 e. The van der Waals surface area contributed by atoms with Gasteiger partial charge in [-0.2, -0.15) is 8.42 Å². The van der Waals surface area contributed by atoms with Crippen LogP contribution in [0, 0.1) is 6.92 Å². The molecule has 0 radical (unpaired) electrons. The fourth-order valence-electron chi connectivity index (χ4n) is 2.18. The number of rotatable bonds is 6. The third-order valence-electron chi connectivity index (χ3n) is 3.35. The van der Waals surface area contributed by atoms with E-state index in [1.54, 1.807) is 6.92 Å². The first kappa shape index (κ1) is 20.5. The van der Waals surface area contributed by atoms with E-state index >= 15 is 0 Å². The summed E-state index contributed by atoms with van der Waals surface area (Å²) in [4.78, 5) is 3.06. The van der Waals surface area contributed by atoms with E-state index in [4.69, 9.17) is 4.18 Å². The number of hydrogen-bond donors (Lipinski definition) is 2. The number of nitrogens with zero attached hydrogens (tertiary/aromatic N) is 1. The summed E-state index contributed by atoms with van der Waals surface area (Å²) in [5.74, 6) is -0.574. The van der Waals surface area contributed by atoms with Gasteiger partial charge in [-0.3, -0.25) is 0 Å². The van der Waals surface area contributed by atoms with Crippen molar-refractivity contribution in [2.75, 3.05) is 20.4 Å². The summed E-state index contributed by atoms with van der Waals surface area (Å²) in [6.45, 7) is 1.58. The van der Waals surface area contributed by atoms with Gasteiger partial charge in [0.15, 0.2) is 5.75 Å². The first-order chi connectivity index (χ1) is 11.8. The smallest absolute Gasteiger partial charge is 0.306 e. The number of aryl methyl sites for hydroxylation is 1. The molecule has 0 saturated carbocycles. The van der Waals surface area contributed by atoms with Gasteiger partial charge in [-0.25, -0.2) is 31.3 Å². The quantitative estimate of drug-likeness (QED) is 0.602. The molecule has 144 valence electrons. The lowest BCUT2D eigenvalue weighted by molar-refractivity contribution is 0.487. The molecule has 13 heteroatoms. The molecule has 0 aliphatic heterocycles. The molecule has 26 heavy (non-hydrogen) atoms. The van der Waals surface area contributed by atoms with Crippen molar-refractivity contribution in [3.8, 4) is 5.75 Å². The van der Waals surface area contributed by atoms with Crippen molar-refractivity contribution in [2.45, 2.75) is 16.7 Å². The topological polar surface area (TPSA) is 149 Å². The van der Waals surface area contributed by atoms with Crippen molar-refractivity contribution < 1.29 is 29.4 Å². The molecule has 0 bridgehead atoms. The molecule has 1 aromatic carbocycles. The Morgan fingerprint density at radius 1 is 0.923 bits per heavy atom. The average molecular weight is 423 g/mol. The lowest BCUT2D eigenvalue weighted by Gasteiger charge is -2.15. The Morgan fingerprint density at radius 2 is 1.46 bits per heavy atom. The lowest BCUT2D eigenvalue weighted by atomic mass is 10.2. The second kappa shape index (κ2) is 6.74. The highest BCUT2D eigenvalue weighted by atomic mass is 32.2. The fourth-order valence-corrected chi connectivity index (χ4v) is 4.60. The first-order valence-corrected chi connectivity index (χ1v) is 11.8. The van der Waals surface area contributed by atoms with E-state index in [1.807, 2.05) is 4.72 Å². The Balaban J connectivity index is 3.15. The van der Waals surface area contributed by atoms with Crippen molar-refractivity contribution in [1.29, 1.82) is 0 Å². The summed E-state index contributed by atoms with van der Waals surface area (Å²) in [7, 11) is -10.2. The number of benzene rings is 1. The Morgan fingerprint density at radius 3 is 1.96 bits per heavy atom. The van der Waals surface area contributed by atoms with Crippen LogP contribution in [0.15, 0.2) is 28.0 Å². The number of hydrogen-bond acceptors (Lipinski definition) is 8. The monoisotopic (exact) mass is 423 g/mol. The summed E-state index contributed by atoms with van der Waals surface area (Å²) in [5.41, 5.74) is 0.197. The Labute approximate surface area is 151 Å². The van der Waals surface area contributed by atoms with Gasteiger partial charge in [0.2, 0.25) is 20.0 Å². The highest BCUT2D eigenvalue weighted by Crippen LogP contribution is 2.37. The summed E-state index contributed by atoms with van der Waals surface area (Å²) >= 11 is 0. The Bertz CT molecular complexity index is 1190. The molecule has 0 aliphatic carbocycles. The molecule has 1 heterocycles. The third kappa shape index (κ3) is 3.96. The van der Waals surface area contributed by atoms with Gasteiger partial charge in [0.05, 0.1) is 11.2 Å². The van der Waals surface area contributed by atoms with Crippen molar-refractivity contribution >= 4 is 41.1 Å². The SMILES string of the molecule is CNS(=O)(=O)c1cc(S(=O)(=O)NC)c2ccc(C)nc2c1OS(C)(=O)=O. The minimum atomic E-state index is -4.27. The first-order valence-electron chi connectivity index (χ1n) is 7.03. The van der Waals surface area contributed by atoms with Crippen LogP contribution in [-0.4, -0.2) is 50.6 Å². The van der Waals surface area contributed by atoms with E-state index in [0.29, 0.717) is 5.69 Å². The zero-order chi connectivity index (χ0) is 19.9. The number of pyridine rings is 1. The molecule has 2 N–H and O–H groups in total. The lowest BCUT2D eigenvalue weighted by Crippen LogP contribution is -2.23. The molecule has 0 aliphatic rings. The van der Waals surface area contributed by atoms with Gasteiger partial charge in [-0.1, -0.05) is 0 Å². The molecular formula is C13H17N3O7S3. The predicted octanol–water partition coefficient (Wildman–Crippen LogP) is -0.302. The van der Waals surface area contributed by atoms with Gasteiger partial charge in [-0.15, -0.1) is 0 Å². The maximum atomic E-state index is 12.4. The zero-order valence-corrected chi connectivity index (χ0v) is 16.7. The van der Waals surface area contributed by atoms with Crippen molar-refractivity contribution in [3.63, 3.8) is 0 Å². The fraction of sp³-hybridized carbons (Fsp3) is 0.308. The van der Waals surface area contributed by atoms with Gasteiger partial charge >= 0.3 is 10.1 Å². The van der Waals surface area contributed by atoms with Crippen LogP contribution in [0.3, 0.4) is 0 Å². The highest BCUT2D eigenvalue weighted by molar-refractivity contribution is 7.90. The van der Waals surface area contributed by atoms with Gasteiger partial charge < -0.3 is 4.18 Å². The number of nitrogens with one attached hydrogen (secondary N) is 2. The second-order valence-electron chi connectivity index (χ2n) is 5.25. The second-order valence-corrected chi connectivity index (χ2v) is 10.5. The van der Waals surface area contributed by atoms with Gasteiger partial charge in [0.25, 0.3) is 0 Å². The summed E-state index contributed by atoms with van der Waals surface area (Å²) in [6.07, 6.45) is 0.739. The Hall–Kier alpha value is -1.80. The van der Waals surface area contributed by atoms with E-state index in [0.717, 1.165) is 26.4 Å². The minimum Gasteiger partial charge on any atom is -0.379 e. The summed E-state index contributed by atoms with van der Waals surface area (Å²) in [5, 5.41) is 0.0126. The van der Waals surface area contributed by atoms with Crippen molar-refractivity contribution in [2.24, 2.45) is 0 Å². The molecule has 0 atom stereocenters. The van der Waals surface area contributed by atoms with E-state index < -0.39 is 40.8 Å². The molecule has 2 aromatic rings. The minimum absolute atomic E-state index is 0.0126. The molecule has 0 spiro atoms. The van der Waals surface area contributed by atoms with E-state index in [1.165, 1.54) is 12.1 Å². The third-order valence-corrected chi connectivity index (χ3v) is 6.70. The normalized spacial score (nSPS) is 13.1. The van der Waals surface area contributed by atoms with Crippen LogP contribution < -0.4 is 13.6 Å². The van der Waals surface area contributed by atoms with Crippen molar-refractivity contribution in [3.05, 3.63) is 23.9 Å². The van der Waals surface area contributed by atoms with E-state index in [-0.39, 0.29) is 15.8 Å².